The van der Waals surface area contributed by atoms with Gasteiger partial charge in [-0.3, -0.25) is 9.69 Å². The number of nitrogens with zero attached hydrogens (tertiary/aromatic N) is 3. The van der Waals surface area contributed by atoms with Crippen LogP contribution in [0.2, 0.25) is 0 Å². The van der Waals surface area contributed by atoms with Gasteiger partial charge in [-0.05, 0) is 30.5 Å². The van der Waals surface area contributed by atoms with Gasteiger partial charge in [-0.1, -0.05) is 55.8 Å². The van der Waals surface area contributed by atoms with Crippen LogP contribution in [0.25, 0.3) is 11.0 Å². The van der Waals surface area contributed by atoms with Crippen LogP contribution >= 0.6 is 0 Å². The first-order valence-electron chi connectivity index (χ1n) is 12.1. The van der Waals surface area contributed by atoms with E-state index < -0.39 is 6.04 Å². The molecule has 2 N–H and O–H groups in total. The van der Waals surface area contributed by atoms with E-state index in [9.17, 15) is 9.59 Å². The van der Waals surface area contributed by atoms with Gasteiger partial charge in [0.15, 0.2) is 0 Å². The summed E-state index contributed by atoms with van der Waals surface area (Å²) in [5.41, 5.74) is 2.85. The van der Waals surface area contributed by atoms with Crippen LogP contribution in [0, 0.1) is 0 Å². The van der Waals surface area contributed by atoms with Crippen molar-refractivity contribution in [3.8, 4) is 0 Å². The molecule has 3 aromatic rings. The zero-order valence-electron chi connectivity index (χ0n) is 19.7. The van der Waals surface area contributed by atoms with Gasteiger partial charge < -0.3 is 19.9 Å². The molecule has 0 bridgehead atoms. The number of imidazole rings is 1. The second-order valence-corrected chi connectivity index (χ2v) is 8.51. The second-order valence-electron chi connectivity index (χ2n) is 8.51. The third kappa shape index (κ3) is 5.75. The van der Waals surface area contributed by atoms with Crippen molar-refractivity contribution < 1.29 is 14.3 Å². The number of hydrogen-bond donors (Lipinski definition) is 2. The van der Waals surface area contributed by atoms with Gasteiger partial charge in [0.2, 0.25) is 11.9 Å². The number of amides is 3. The fraction of sp³-hybridized carbons (Fsp3) is 0.423. The molecule has 1 aromatic heterocycles. The zero-order valence-corrected chi connectivity index (χ0v) is 19.7. The highest BCUT2D eigenvalue weighted by atomic mass is 16.5. The molecule has 1 atom stereocenters. The zero-order chi connectivity index (χ0) is 23.8. The lowest BCUT2D eigenvalue weighted by molar-refractivity contribution is -0.122. The molecule has 0 spiro atoms. The fourth-order valence-electron chi connectivity index (χ4n) is 4.13. The van der Waals surface area contributed by atoms with E-state index in [0.717, 1.165) is 42.5 Å². The van der Waals surface area contributed by atoms with E-state index in [-0.39, 0.29) is 11.9 Å². The van der Waals surface area contributed by atoms with Crippen molar-refractivity contribution in [1.82, 2.24) is 20.2 Å². The molecule has 2 aromatic carbocycles. The Balaban J connectivity index is 1.39. The van der Waals surface area contributed by atoms with Crippen molar-refractivity contribution >= 4 is 28.9 Å². The summed E-state index contributed by atoms with van der Waals surface area (Å²) in [6, 6.07) is 16.6. The molecule has 0 radical (unpaired) electrons. The number of nitrogens with one attached hydrogen (secondary N) is 2. The number of unbranched alkanes of at least 4 members (excludes halogenated alkanes) is 1. The first-order valence-corrected chi connectivity index (χ1v) is 12.1. The van der Waals surface area contributed by atoms with Crippen LogP contribution in [0.3, 0.4) is 0 Å². The summed E-state index contributed by atoms with van der Waals surface area (Å²) in [7, 11) is 0. The van der Waals surface area contributed by atoms with Crippen LogP contribution in [0.15, 0.2) is 54.6 Å². The summed E-state index contributed by atoms with van der Waals surface area (Å²) in [4.78, 5) is 32.5. The molecule has 0 fully saturated rings. The molecule has 4 rings (SSSR count). The maximum Gasteiger partial charge on any atom is 0.324 e. The van der Waals surface area contributed by atoms with E-state index in [4.69, 9.17) is 4.74 Å². The number of carbonyl (C=O) groups is 2. The molecule has 34 heavy (non-hydrogen) atoms. The van der Waals surface area contributed by atoms with Crippen LogP contribution in [0.5, 0.6) is 0 Å². The normalized spacial score (nSPS) is 13.6. The first kappa shape index (κ1) is 23.8. The minimum atomic E-state index is -0.686. The highest BCUT2D eigenvalue weighted by Crippen LogP contribution is 2.27. The van der Waals surface area contributed by atoms with Crippen LogP contribution < -0.4 is 15.5 Å². The lowest BCUT2D eigenvalue weighted by Crippen LogP contribution is -2.52. The van der Waals surface area contributed by atoms with Crippen molar-refractivity contribution in [2.75, 3.05) is 31.2 Å². The number of benzene rings is 2. The maximum atomic E-state index is 13.2. The molecule has 3 amide bonds. The predicted molar refractivity (Wildman–Crippen MR) is 133 cm³/mol. The van der Waals surface area contributed by atoms with E-state index in [1.807, 2.05) is 59.2 Å². The van der Waals surface area contributed by atoms with Gasteiger partial charge in [-0.2, -0.15) is 0 Å². The van der Waals surface area contributed by atoms with Crippen molar-refractivity contribution in [3.05, 3.63) is 60.2 Å². The van der Waals surface area contributed by atoms with E-state index in [1.54, 1.807) is 4.90 Å². The number of fused-ring (bicyclic) bond motifs is 3. The molecule has 1 unspecified atom stereocenters. The number of aromatic nitrogens is 2. The van der Waals surface area contributed by atoms with E-state index in [1.165, 1.54) is 0 Å². The van der Waals surface area contributed by atoms with Crippen molar-refractivity contribution in [2.45, 2.75) is 45.2 Å². The average molecular weight is 464 g/mol. The number of anilines is 1. The minimum Gasteiger partial charge on any atom is -0.381 e. The summed E-state index contributed by atoms with van der Waals surface area (Å²) >= 11 is 0. The molecule has 8 nitrogen and oxygen atoms in total. The Morgan fingerprint density at radius 2 is 1.79 bits per heavy atom. The molecule has 1 aliphatic heterocycles. The molecule has 0 aliphatic carbocycles. The standard InChI is InChI=1S/C26H33N5O3/c1-2-3-17-34-18-9-14-27-24(32)22(19-20-10-5-4-6-11-20)29-26(33)31-16-15-30-23-13-8-7-12-21(23)28-25(30)31/h4-8,10-13,22H,2-3,9,14-19H2,1H3,(H,27,32)(H,29,33). The van der Waals surface area contributed by atoms with Crippen LogP contribution in [0.1, 0.15) is 31.7 Å². The van der Waals surface area contributed by atoms with E-state index in [0.29, 0.717) is 38.6 Å². The Bertz CT molecular complexity index is 1100. The van der Waals surface area contributed by atoms with Crippen molar-refractivity contribution in [1.29, 1.82) is 0 Å². The van der Waals surface area contributed by atoms with Gasteiger partial charge in [-0.25, -0.2) is 9.78 Å². The molecule has 0 saturated carbocycles. The average Bonchev–Trinajstić information content (AvgIpc) is 3.43. The monoisotopic (exact) mass is 463 g/mol. The van der Waals surface area contributed by atoms with Gasteiger partial charge in [0.1, 0.15) is 6.04 Å². The molecule has 8 heteroatoms. The smallest absolute Gasteiger partial charge is 0.324 e. The Morgan fingerprint density at radius 3 is 2.62 bits per heavy atom. The number of urea groups is 1. The molecule has 0 saturated heterocycles. The van der Waals surface area contributed by atoms with Crippen molar-refractivity contribution in [3.63, 3.8) is 0 Å². The Hall–Kier alpha value is -3.39. The SMILES string of the molecule is CCCCOCCCNC(=O)C(Cc1ccccc1)NC(=O)N1CCn2c1nc1ccccc12. The number of rotatable bonds is 11. The third-order valence-electron chi connectivity index (χ3n) is 5.97. The summed E-state index contributed by atoms with van der Waals surface area (Å²) in [5, 5.41) is 5.91. The molecule has 1 aliphatic rings. The lowest BCUT2D eigenvalue weighted by Gasteiger charge is -2.22. The van der Waals surface area contributed by atoms with Crippen LogP contribution in [0.4, 0.5) is 10.7 Å². The van der Waals surface area contributed by atoms with Gasteiger partial charge in [0, 0.05) is 39.3 Å². The number of para-hydroxylation sites is 2. The Labute approximate surface area is 200 Å². The second kappa shape index (κ2) is 11.7. The topological polar surface area (TPSA) is 88.5 Å². The highest BCUT2D eigenvalue weighted by Gasteiger charge is 2.31. The fourth-order valence-corrected chi connectivity index (χ4v) is 4.13. The van der Waals surface area contributed by atoms with Gasteiger partial charge in [0.05, 0.1) is 11.0 Å². The number of carbonyl (C=O) groups excluding carboxylic acids is 2. The predicted octanol–water partition coefficient (Wildman–Crippen LogP) is 3.50. The maximum absolute atomic E-state index is 13.2. The third-order valence-corrected chi connectivity index (χ3v) is 5.97. The Morgan fingerprint density at radius 1 is 1.03 bits per heavy atom. The van der Waals surface area contributed by atoms with Crippen LogP contribution in [-0.4, -0.2) is 53.8 Å². The largest absolute Gasteiger partial charge is 0.381 e. The first-order chi connectivity index (χ1) is 16.7. The summed E-state index contributed by atoms with van der Waals surface area (Å²) in [6.07, 6.45) is 3.29. The molecule has 2 heterocycles. The van der Waals surface area contributed by atoms with E-state index in [2.05, 4.69) is 22.5 Å². The quantitative estimate of drug-likeness (QED) is 0.426. The lowest BCUT2D eigenvalue weighted by atomic mass is 10.1. The highest BCUT2D eigenvalue weighted by molar-refractivity contribution is 5.96. The molecule has 180 valence electrons. The van der Waals surface area contributed by atoms with Crippen LogP contribution in [-0.2, 0) is 22.5 Å². The van der Waals surface area contributed by atoms with Gasteiger partial charge >= 0.3 is 6.03 Å². The van der Waals surface area contributed by atoms with Crippen molar-refractivity contribution in [2.24, 2.45) is 0 Å². The van der Waals surface area contributed by atoms with Gasteiger partial charge in [-0.15, -0.1) is 0 Å². The minimum absolute atomic E-state index is 0.196. The summed E-state index contributed by atoms with van der Waals surface area (Å²) in [5.74, 6) is 0.417. The summed E-state index contributed by atoms with van der Waals surface area (Å²) in [6.45, 7) is 5.19. The number of ether oxygens (including phenoxy) is 1. The molecular formula is C26H33N5O3. The van der Waals surface area contributed by atoms with E-state index >= 15 is 0 Å². The number of hydrogen-bond acceptors (Lipinski definition) is 4. The van der Waals surface area contributed by atoms with Gasteiger partial charge in [0.25, 0.3) is 0 Å². The summed E-state index contributed by atoms with van der Waals surface area (Å²) < 4.78 is 7.61. The Kier molecular flexibility index (Phi) is 8.14. The molecular weight excluding hydrogens is 430 g/mol.